The van der Waals surface area contributed by atoms with E-state index in [1.54, 1.807) is 18.3 Å². The quantitative estimate of drug-likeness (QED) is 0.778. The first-order valence-electron chi connectivity index (χ1n) is 6.31. The van der Waals surface area contributed by atoms with Gasteiger partial charge in [-0.1, -0.05) is 27.7 Å². The van der Waals surface area contributed by atoms with Gasteiger partial charge in [-0.05, 0) is 39.9 Å². The topological polar surface area (TPSA) is 33.2 Å². The number of aromatic nitrogens is 1. The van der Waals surface area contributed by atoms with Gasteiger partial charge in [0.05, 0.1) is 0 Å². The maximum Gasteiger partial charge on any atom is 0.254 e. The second-order valence-electron chi connectivity index (χ2n) is 5.37. The molecule has 0 aromatic carbocycles. The fourth-order valence-electron chi connectivity index (χ4n) is 1.84. The van der Waals surface area contributed by atoms with Crippen LogP contribution in [-0.2, 0) is 0 Å². The van der Waals surface area contributed by atoms with Crippen molar-refractivity contribution in [2.24, 2.45) is 11.8 Å². The minimum Gasteiger partial charge on any atom is -0.338 e. The van der Waals surface area contributed by atoms with Gasteiger partial charge in [-0.2, -0.15) is 0 Å². The van der Waals surface area contributed by atoms with Crippen molar-refractivity contribution < 1.29 is 4.79 Å². The van der Waals surface area contributed by atoms with Crippen molar-refractivity contribution in [3.8, 4) is 0 Å². The lowest BCUT2D eigenvalue weighted by molar-refractivity contribution is 0.0715. The first-order chi connectivity index (χ1) is 8.40. The number of rotatable bonds is 5. The highest BCUT2D eigenvalue weighted by Crippen LogP contribution is 2.13. The zero-order chi connectivity index (χ0) is 13.7. The average Bonchev–Trinajstić information content (AvgIpc) is 2.26. The highest BCUT2D eigenvalue weighted by atomic mass is 79.9. The lowest BCUT2D eigenvalue weighted by Crippen LogP contribution is -2.37. The van der Waals surface area contributed by atoms with Crippen LogP contribution in [0.15, 0.2) is 22.9 Å². The van der Waals surface area contributed by atoms with Crippen LogP contribution in [0.5, 0.6) is 0 Å². The number of hydrogen-bond acceptors (Lipinski definition) is 2. The van der Waals surface area contributed by atoms with Gasteiger partial charge < -0.3 is 4.90 Å². The Hall–Kier alpha value is -0.900. The maximum absolute atomic E-state index is 12.4. The Morgan fingerprint density at radius 1 is 1.28 bits per heavy atom. The van der Waals surface area contributed by atoms with Gasteiger partial charge in [-0.25, -0.2) is 4.98 Å². The summed E-state index contributed by atoms with van der Waals surface area (Å²) < 4.78 is 0.697. The lowest BCUT2D eigenvalue weighted by Gasteiger charge is -2.26. The third-order valence-corrected chi connectivity index (χ3v) is 2.87. The molecule has 0 fully saturated rings. The molecular weight excluding hydrogens is 292 g/mol. The van der Waals surface area contributed by atoms with Gasteiger partial charge in [0, 0.05) is 24.8 Å². The molecule has 0 spiro atoms. The van der Waals surface area contributed by atoms with E-state index in [0.29, 0.717) is 22.0 Å². The number of nitrogens with zero attached hydrogens (tertiary/aromatic N) is 2. The largest absolute Gasteiger partial charge is 0.338 e. The average molecular weight is 313 g/mol. The number of pyridine rings is 1. The normalized spacial score (nSPS) is 11.1. The van der Waals surface area contributed by atoms with Crippen LogP contribution >= 0.6 is 15.9 Å². The van der Waals surface area contributed by atoms with Crippen molar-refractivity contribution in [2.45, 2.75) is 27.7 Å². The summed E-state index contributed by atoms with van der Waals surface area (Å²) in [6.07, 6.45) is 1.65. The molecule has 100 valence electrons. The smallest absolute Gasteiger partial charge is 0.254 e. The fourth-order valence-corrected chi connectivity index (χ4v) is 2.20. The number of carbonyl (C=O) groups excluding carboxylic acids is 1. The predicted octanol–water partition coefficient (Wildman–Crippen LogP) is 3.60. The molecular formula is C14H21BrN2O. The summed E-state index contributed by atoms with van der Waals surface area (Å²) >= 11 is 3.30. The van der Waals surface area contributed by atoms with Crippen molar-refractivity contribution >= 4 is 21.8 Å². The Labute approximate surface area is 118 Å². The van der Waals surface area contributed by atoms with E-state index in [1.165, 1.54) is 0 Å². The zero-order valence-corrected chi connectivity index (χ0v) is 13.1. The molecule has 0 N–H and O–H groups in total. The molecule has 1 aromatic rings. The molecule has 1 heterocycles. The van der Waals surface area contributed by atoms with E-state index in [-0.39, 0.29) is 5.91 Å². The molecule has 0 aliphatic carbocycles. The van der Waals surface area contributed by atoms with E-state index in [9.17, 15) is 4.79 Å². The van der Waals surface area contributed by atoms with Crippen molar-refractivity contribution in [2.75, 3.05) is 13.1 Å². The van der Waals surface area contributed by atoms with Crippen LogP contribution in [-0.4, -0.2) is 28.9 Å². The van der Waals surface area contributed by atoms with Crippen LogP contribution in [0.2, 0.25) is 0 Å². The Balaban J connectivity index is 2.87. The molecule has 4 heteroatoms. The predicted molar refractivity (Wildman–Crippen MR) is 77.5 cm³/mol. The maximum atomic E-state index is 12.4. The molecule has 3 nitrogen and oxygen atoms in total. The van der Waals surface area contributed by atoms with Crippen LogP contribution < -0.4 is 0 Å². The minimum absolute atomic E-state index is 0.0838. The van der Waals surface area contributed by atoms with E-state index in [0.717, 1.165) is 13.1 Å². The number of carbonyl (C=O) groups is 1. The lowest BCUT2D eigenvalue weighted by atomic mass is 10.1. The van der Waals surface area contributed by atoms with Crippen molar-refractivity contribution in [3.63, 3.8) is 0 Å². The number of hydrogen-bond donors (Lipinski definition) is 0. The Morgan fingerprint density at radius 3 is 2.28 bits per heavy atom. The van der Waals surface area contributed by atoms with Crippen molar-refractivity contribution in [1.82, 2.24) is 9.88 Å². The van der Waals surface area contributed by atoms with E-state index < -0.39 is 0 Å². The van der Waals surface area contributed by atoms with E-state index >= 15 is 0 Å². The van der Waals surface area contributed by atoms with Gasteiger partial charge in [0.1, 0.15) is 4.60 Å². The van der Waals surface area contributed by atoms with Crippen molar-refractivity contribution in [3.05, 3.63) is 28.5 Å². The molecule has 1 aromatic heterocycles. The van der Waals surface area contributed by atoms with E-state index in [1.807, 2.05) is 4.90 Å². The Morgan fingerprint density at radius 2 is 1.83 bits per heavy atom. The fraction of sp³-hybridized carbons (Fsp3) is 0.571. The van der Waals surface area contributed by atoms with Gasteiger partial charge in [-0.15, -0.1) is 0 Å². The van der Waals surface area contributed by atoms with Gasteiger partial charge in [0.25, 0.3) is 5.91 Å². The summed E-state index contributed by atoms with van der Waals surface area (Å²) in [4.78, 5) is 18.4. The first-order valence-corrected chi connectivity index (χ1v) is 7.10. The molecule has 0 unspecified atom stereocenters. The first kappa shape index (κ1) is 15.2. The third-order valence-electron chi connectivity index (χ3n) is 2.43. The molecule has 0 saturated heterocycles. The molecule has 0 aliphatic heterocycles. The summed E-state index contributed by atoms with van der Waals surface area (Å²) in [6, 6.07) is 3.54. The Bertz CT molecular complexity index is 395. The van der Waals surface area contributed by atoms with Crippen LogP contribution in [0.3, 0.4) is 0 Å². The monoisotopic (exact) mass is 312 g/mol. The zero-order valence-electron chi connectivity index (χ0n) is 11.5. The summed E-state index contributed by atoms with van der Waals surface area (Å²) in [5.41, 5.74) is 0.693. The van der Waals surface area contributed by atoms with Gasteiger partial charge >= 0.3 is 0 Å². The molecule has 0 bridgehead atoms. The van der Waals surface area contributed by atoms with E-state index in [2.05, 4.69) is 48.6 Å². The minimum atomic E-state index is 0.0838. The van der Waals surface area contributed by atoms with Crippen LogP contribution in [0, 0.1) is 11.8 Å². The highest BCUT2D eigenvalue weighted by molar-refractivity contribution is 9.10. The molecule has 18 heavy (non-hydrogen) atoms. The molecule has 0 saturated carbocycles. The number of halogens is 1. The summed E-state index contributed by atoms with van der Waals surface area (Å²) in [5.74, 6) is 1.02. The highest BCUT2D eigenvalue weighted by Gasteiger charge is 2.18. The summed E-state index contributed by atoms with van der Waals surface area (Å²) in [7, 11) is 0. The molecule has 0 aliphatic rings. The van der Waals surface area contributed by atoms with Crippen LogP contribution in [0.4, 0.5) is 0 Å². The van der Waals surface area contributed by atoms with Crippen molar-refractivity contribution in [1.29, 1.82) is 0 Å². The third kappa shape index (κ3) is 4.77. The van der Waals surface area contributed by atoms with Gasteiger partial charge in [-0.3, -0.25) is 4.79 Å². The molecule has 0 radical (unpaired) electrons. The van der Waals surface area contributed by atoms with Crippen LogP contribution in [0.25, 0.3) is 0 Å². The molecule has 0 atom stereocenters. The second-order valence-corrected chi connectivity index (χ2v) is 6.18. The Kier molecular flexibility index (Phi) is 5.79. The molecule has 1 amide bonds. The van der Waals surface area contributed by atoms with Gasteiger partial charge in [0.2, 0.25) is 0 Å². The van der Waals surface area contributed by atoms with Crippen LogP contribution in [0.1, 0.15) is 38.1 Å². The summed E-state index contributed by atoms with van der Waals surface area (Å²) in [6.45, 7) is 10.1. The van der Waals surface area contributed by atoms with Gasteiger partial charge in [0.15, 0.2) is 0 Å². The number of amides is 1. The SMILES string of the molecule is CC(C)CN(CC(C)C)C(=O)c1ccnc(Br)c1. The second kappa shape index (κ2) is 6.88. The molecule has 1 rings (SSSR count). The standard InChI is InChI=1S/C14H21BrN2O/c1-10(2)8-17(9-11(3)4)14(18)12-5-6-16-13(15)7-12/h5-7,10-11H,8-9H2,1-4H3. The summed E-state index contributed by atoms with van der Waals surface area (Å²) in [5, 5.41) is 0. The van der Waals surface area contributed by atoms with E-state index in [4.69, 9.17) is 0 Å².